The molecule has 1 fully saturated rings. The Morgan fingerprint density at radius 3 is 2.20 bits per heavy atom. The number of hydrogen-bond acceptors (Lipinski definition) is 2. The van der Waals surface area contributed by atoms with Gasteiger partial charge in [-0.15, -0.1) is 0 Å². The second kappa shape index (κ2) is 2.86. The Kier molecular flexibility index (Phi) is 2.28. The van der Waals surface area contributed by atoms with Crippen LogP contribution in [-0.2, 0) is 0 Å². The van der Waals surface area contributed by atoms with Crippen molar-refractivity contribution in [1.29, 1.82) is 0 Å². The largest absolute Gasteiger partial charge is 0.781 e. The molecule has 1 aliphatic rings. The molecular weight excluding hydrogens is 128 g/mol. The van der Waals surface area contributed by atoms with Gasteiger partial charge >= 0.3 is 0 Å². The monoisotopic (exact) mass is 144 g/mol. The summed E-state index contributed by atoms with van der Waals surface area (Å²) in [5, 5.41) is 12.1. The van der Waals surface area contributed by atoms with Crippen LogP contribution >= 0.6 is 0 Å². The molecule has 0 amide bonds. The van der Waals surface area contributed by atoms with Crippen molar-refractivity contribution in [2.45, 2.75) is 13.8 Å². The first kappa shape index (κ1) is 7.98. The molecule has 3 nitrogen and oxygen atoms in total. The van der Waals surface area contributed by atoms with E-state index in [1.54, 1.807) is 0 Å². The highest BCUT2D eigenvalue weighted by Crippen LogP contribution is 2.13. The van der Waals surface area contributed by atoms with Crippen LogP contribution in [0.15, 0.2) is 0 Å². The molecule has 10 heavy (non-hydrogen) atoms. The van der Waals surface area contributed by atoms with Gasteiger partial charge in [0.05, 0.1) is 19.6 Å². The van der Waals surface area contributed by atoms with E-state index in [0.29, 0.717) is 6.67 Å². The van der Waals surface area contributed by atoms with Crippen molar-refractivity contribution < 1.29 is 4.48 Å². The van der Waals surface area contributed by atoms with E-state index in [2.05, 4.69) is 13.8 Å². The highest BCUT2D eigenvalue weighted by molar-refractivity contribution is 4.59. The Hall–Kier alpha value is -0.120. The normalized spacial score (nSPS) is 25.5. The fourth-order valence-electron chi connectivity index (χ4n) is 1.54. The first-order chi connectivity index (χ1) is 4.72. The second-order valence-corrected chi connectivity index (χ2v) is 3.04. The summed E-state index contributed by atoms with van der Waals surface area (Å²) >= 11 is 0. The number of rotatable bonds is 2. The van der Waals surface area contributed by atoms with Gasteiger partial charge in [-0.1, -0.05) is 0 Å². The van der Waals surface area contributed by atoms with Crippen LogP contribution in [0.2, 0.25) is 0 Å². The lowest BCUT2D eigenvalue weighted by Gasteiger charge is -2.33. The molecule has 0 atom stereocenters. The molecule has 0 N–H and O–H groups in total. The maximum Gasteiger partial charge on any atom is 0.123 e. The summed E-state index contributed by atoms with van der Waals surface area (Å²) in [6.45, 7) is 8.96. The summed E-state index contributed by atoms with van der Waals surface area (Å²) < 4.78 is 0.990. The van der Waals surface area contributed by atoms with Gasteiger partial charge in [-0.25, -0.2) is 0 Å². The van der Waals surface area contributed by atoms with Gasteiger partial charge in [-0.3, -0.25) is 0 Å². The molecule has 1 heterocycles. The first-order valence-corrected chi connectivity index (χ1v) is 3.99. The average molecular weight is 144 g/mol. The highest BCUT2D eigenvalue weighted by atomic mass is 16.5. The summed E-state index contributed by atoms with van der Waals surface area (Å²) in [4.78, 5) is 0. The van der Waals surface area contributed by atoms with Crippen molar-refractivity contribution >= 4 is 0 Å². The van der Waals surface area contributed by atoms with E-state index < -0.39 is 0 Å². The summed E-state index contributed by atoms with van der Waals surface area (Å²) in [6, 6.07) is 0. The van der Waals surface area contributed by atoms with E-state index in [0.717, 1.165) is 30.7 Å². The predicted molar refractivity (Wildman–Crippen MR) is 41.1 cm³/mol. The Morgan fingerprint density at radius 2 is 2.00 bits per heavy atom. The smallest absolute Gasteiger partial charge is 0.123 e. The molecule has 3 heteroatoms. The van der Waals surface area contributed by atoms with Gasteiger partial charge < -0.3 is 14.8 Å². The lowest BCUT2D eigenvalue weighted by molar-refractivity contribution is -0.916. The Labute approximate surface area is 62.4 Å². The minimum Gasteiger partial charge on any atom is -0.781 e. The number of nitrogens with zero attached hydrogens (tertiary/aromatic N) is 2. The predicted octanol–water partition coefficient (Wildman–Crippen LogP) is 0.614. The molecule has 0 aromatic heterocycles. The highest BCUT2D eigenvalue weighted by Gasteiger charge is 2.28. The van der Waals surface area contributed by atoms with E-state index in [9.17, 15) is 5.21 Å². The van der Waals surface area contributed by atoms with Crippen molar-refractivity contribution in [1.82, 2.24) is 5.06 Å². The van der Waals surface area contributed by atoms with Gasteiger partial charge in [0.25, 0.3) is 0 Å². The molecule has 1 aliphatic heterocycles. The standard InChI is InChI=1S/C7H16N2O/c1-3-9(4-2)6-5-8(10)7-9/h3-7H2,1-2H3. The summed E-state index contributed by atoms with van der Waals surface area (Å²) in [5.74, 6) is 0. The zero-order valence-electron chi connectivity index (χ0n) is 6.84. The molecule has 1 saturated heterocycles. The average Bonchev–Trinajstić information content (AvgIpc) is 2.33. The van der Waals surface area contributed by atoms with Crippen molar-refractivity contribution in [3.63, 3.8) is 0 Å². The molecule has 0 unspecified atom stereocenters. The SMILES string of the molecule is CC[N+]1(CC)CCN([O-])C1. The molecular formula is C7H16N2O. The summed E-state index contributed by atoms with van der Waals surface area (Å²) in [6.07, 6.45) is 0. The Balaban J connectivity index is 2.51. The van der Waals surface area contributed by atoms with Crippen molar-refractivity contribution in [2.24, 2.45) is 0 Å². The lowest BCUT2D eigenvalue weighted by Crippen LogP contribution is -2.46. The van der Waals surface area contributed by atoms with Crippen LogP contribution in [0.5, 0.6) is 0 Å². The summed E-state index contributed by atoms with van der Waals surface area (Å²) in [5.41, 5.74) is 0. The van der Waals surface area contributed by atoms with Crippen LogP contribution in [-0.4, -0.2) is 42.4 Å². The molecule has 0 saturated carbocycles. The van der Waals surface area contributed by atoms with E-state index in [-0.39, 0.29) is 0 Å². The van der Waals surface area contributed by atoms with E-state index >= 15 is 0 Å². The van der Waals surface area contributed by atoms with Crippen molar-refractivity contribution in [3.05, 3.63) is 5.21 Å². The Bertz CT molecular complexity index is 112. The second-order valence-electron chi connectivity index (χ2n) is 3.04. The first-order valence-electron chi connectivity index (χ1n) is 3.99. The third-order valence-electron chi connectivity index (χ3n) is 2.62. The van der Waals surface area contributed by atoms with Crippen LogP contribution in [0.4, 0.5) is 0 Å². The fourth-order valence-corrected chi connectivity index (χ4v) is 1.54. The van der Waals surface area contributed by atoms with Gasteiger partial charge in [0.1, 0.15) is 6.67 Å². The molecule has 0 aromatic carbocycles. The Morgan fingerprint density at radius 1 is 1.40 bits per heavy atom. The zero-order chi connectivity index (χ0) is 7.61. The van der Waals surface area contributed by atoms with E-state index in [4.69, 9.17) is 0 Å². The van der Waals surface area contributed by atoms with Crippen LogP contribution in [0, 0.1) is 5.21 Å². The minimum atomic E-state index is 0.701. The zero-order valence-corrected chi connectivity index (χ0v) is 6.84. The number of likely N-dealkylation sites (N-methyl/N-ethyl adjacent to an activating group) is 1. The molecule has 0 aromatic rings. The van der Waals surface area contributed by atoms with Crippen LogP contribution in [0.3, 0.4) is 0 Å². The third kappa shape index (κ3) is 1.31. The molecule has 60 valence electrons. The topological polar surface area (TPSA) is 26.3 Å². The molecule has 0 spiro atoms. The molecule has 1 rings (SSSR count). The minimum absolute atomic E-state index is 0.701. The van der Waals surface area contributed by atoms with Crippen LogP contribution in [0.1, 0.15) is 13.8 Å². The van der Waals surface area contributed by atoms with Crippen LogP contribution < -0.4 is 0 Å². The summed E-state index contributed by atoms with van der Waals surface area (Å²) in [7, 11) is 0. The number of hydrogen-bond donors (Lipinski definition) is 0. The van der Waals surface area contributed by atoms with Gasteiger partial charge in [0.2, 0.25) is 0 Å². The molecule has 0 aliphatic carbocycles. The van der Waals surface area contributed by atoms with Gasteiger partial charge in [-0.05, 0) is 13.8 Å². The number of hydroxylamine groups is 2. The molecule has 0 radical (unpaired) electrons. The fraction of sp³-hybridized carbons (Fsp3) is 1.00. The third-order valence-corrected chi connectivity index (χ3v) is 2.62. The van der Waals surface area contributed by atoms with Crippen molar-refractivity contribution in [3.8, 4) is 0 Å². The van der Waals surface area contributed by atoms with Gasteiger partial charge in [0.15, 0.2) is 0 Å². The molecule has 0 bridgehead atoms. The van der Waals surface area contributed by atoms with E-state index in [1.807, 2.05) is 0 Å². The quantitative estimate of drug-likeness (QED) is 0.531. The maximum atomic E-state index is 10.9. The maximum absolute atomic E-state index is 10.9. The lowest BCUT2D eigenvalue weighted by atomic mass is 10.4. The number of quaternary nitrogens is 1. The van der Waals surface area contributed by atoms with Crippen LogP contribution in [0.25, 0.3) is 0 Å². The van der Waals surface area contributed by atoms with Crippen molar-refractivity contribution in [2.75, 3.05) is 32.8 Å². The van der Waals surface area contributed by atoms with Gasteiger partial charge in [0, 0.05) is 6.54 Å². The van der Waals surface area contributed by atoms with Gasteiger partial charge in [-0.2, -0.15) is 0 Å². The van der Waals surface area contributed by atoms with E-state index in [1.165, 1.54) is 5.06 Å².